The second-order valence-corrected chi connectivity index (χ2v) is 5.33. The third-order valence-corrected chi connectivity index (χ3v) is 3.81. The molecule has 0 fully saturated rings. The normalized spacial score (nSPS) is 11.8. The van der Waals surface area contributed by atoms with E-state index in [0.717, 1.165) is 0 Å². The molecule has 0 amide bonds. The van der Waals surface area contributed by atoms with E-state index in [1.165, 1.54) is 19.1 Å². The van der Waals surface area contributed by atoms with Gasteiger partial charge < -0.3 is 9.84 Å². The smallest absolute Gasteiger partial charge is 0.309 e. The van der Waals surface area contributed by atoms with Gasteiger partial charge in [-0.25, -0.2) is 0 Å². The molecule has 4 nitrogen and oxygen atoms in total. The Morgan fingerprint density at radius 2 is 1.95 bits per heavy atom. The van der Waals surface area contributed by atoms with Crippen molar-refractivity contribution in [2.45, 2.75) is 20.3 Å². The zero-order valence-corrected chi connectivity index (χ0v) is 13.3. The lowest BCUT2D eigenvalue weighted by molar-refractivity contribution is -0.142. The molecule has 0 aliphatic heterocycles. The predicted octanol–water partition coefficient (Wildman–Crippen LogP) is 4.24. The first-order valence-corrected chi connectivity index (χ1v) is 7.11. The summed E-state index contributed by atoms with van der Waals surface area (Å²) in [5.74, 6) is -1.67. The summed E-state index contributed by atoms with van der Waals surface area (Å²) >= 11 is 12.1. The van der Waals surface area contributed by atoms with Crippen molar-refractivity contribution in [2.75, 3.05) is 6.61 Å². The van der Waals surface area contributed by atoms with E-state index in [2.05, 4.69) is 6.58 Å². The van der Waals surface area contributed by atoms with Gasteiger partial charge in [-0.1, -0.05) is 36.7 Å². The monoisotopic (exact) mass is 330 g/mol. The number of aliphatic carboxylic acids is 1. The number of rotatable bonds is 7. The van der Waals surface area contributed by atoms with Crippen LogP contribution >= 0.6 is 23.2 Å². The number of carboxylic acid groups (broad SMARTS) is 1. The largest absolute Gasteiger partial charge is 0.491 e. The zero-order chi connectivity index (χ0) is 16.2. The maximum Gasteiger partial charge on any atom is 0.309 e. The fourth-order valence-corrected chi connectivity index (χ4v) is 1.92. The number of carbonyl (C=O) groups excluding carboxylic acids is 1. The molecule has 1 N–H and O–H groups in total. The van der Waals surface area contributed by atoms with E-state index in [1.54, 1.807) is 0 Å². The molecule has 0 spiro atoms. The van der Waals surface area contributed by atoms with Crippen LogP contribution in [0.5, 0.6) is 5.75 Å². The Kier molecular flexibility index (Phi) is 6.24. The van der Waals surface area contributed by atoms with E-state index < -0.39 is 11.9 Å². The average Bonchev–Trinajstić information content (AvgIpc) is 2.46. The standard InChI is InChI=1S/C15H16Cl2O4/c1-4-8(2)14(18)10-5-6-11(13(17)12(10)16)21-7-9(3)15(19)20/h5-6,9H,2,4,7H2,1,3H3,(H,19,20). The van der Waals surface area contributed by atoms with Crippen molar-refractivity contribution in [2.24, 2.45) is 5.92 Å². The van der Waals surface area contributed by atoms with Crippen LogP contribution in [0, 0.1) is 5.92 Å². The molecule has 0 aliphatic rings. The van der Waals surface area contributed by atoms with Gasteiger partial charge in [-0.2, -0.15) is 0 Å². The summed E-state index contributed by atoms with van der Waals surface area (Å²) in [5, 5.41) is 8.96. The predicted molar refractivity (Wildman–Crippen MR) is 82.5 cm³/mol. The van der Waals surface area contributed by atoms with Gasteiger partial charge in [0.25, 0.3) is 0 Å². The number of carbonyl (C=O) groups is 2. The van der Waals surface area contributed by atoms with Crippen LogP contribution in [-0.4, -0.2) is 23.5 Å². The highest BCUT2D eigenvalue weighted by Gasteiger charge is 2.19. The molecule has 114 valence electrons. The minimum Gasteiger partial charge on any atom is -0.491 e. The van der Waals surface area contributed by atoms with Gasteiger partial charge in [0.15, 0.2) is 5.78 Å². The van der Waals surface area contributed by atoms with Crippen LogP contribution in [-0.2, 0) is 4.79 Å². The van der Waals surface area contributed by atoms with Gasteiger partial charge in [0.05, 0.1) is 10.9 Å². The molecule has 0 heterocycles. The molecule has 0 saturated heterocycles. The molecular weight excluding hydrogens is 315 g/mol. The number of halogens is 2. The van der Waals surface area contributed by atoms with Crippen molar-refractivity contribution in [1.29, 1.82) is 0 Å². The number of ether oxygens (including phenoxy) is 1. The second kappa shape index (κ2) is 7.48. The number of Topliss-reactive ketones (excluding diaryl/α,β-unsaturated/α-hetero) is 1. The van der Waals surface area contributed by atoms with Gasteiger partial charge in [-0.15, -0.1) is 0 Å². The SMILES string of the molecule is C=C(CC)C(=O)c1ccc(OCC(C)C(=O)O)c(Cl)c1Cl. The van der Waals surface area contributed by atoms with Gasteiger partial charge in [-0.05, 0) is 31.1 Å². The van der Waals surface area contributed by atoms with E-state index in [-0.39, 0.29) is 33.7 Å². The first-order chi connectivity index (χ1) is 9.79. The summed E-state index contributed by atoms with van der Waals surface area (Å²) in [6, 6.07) is 3.00. The maximum atomic E-state index is 12.1. The number of allylic oxidation sites excluding steroid dienone is 1. The fourth-order valence-electron chi connectivity index (χ4n) is 1.46. The van der Waals surface area contributed by atoms with Gasteiger partial charge in [0.1, 0.15) is 17.4 Å². The summed E-state index contributed by atoms with van der Waals surface area (Å²) in [4.78, 5) is 22.8. The Bertz CT molecular complexity index is 581. The molecule has 1 unspecified atom stereocenters. The molecule has 1 aromatic carbocycles. The molecule has 6 heteroatoms. The van der Waals surface area contributed by atoms with Crippen LogP contribution in [0.2, 0.25) is 10.0 Å². The molecule has 1 aromatic rings. The van der Waals surface area contributed by atoms with Crippen molar-refractivity contribution in [1.82, 2.24) is 0 Å². The summed E-state index contributed by atoms with van der Waals surface area (Å²) in [5.41, 5.74) is 0.688. The fraction of sp³-hybridized carbons (Fsp3) is 0.333. The van der Waals surface area contributed by atoms with Crippen LogP contribution in [0.4, 0.5) is 0 Å². The van der Waals surface area contributed by atoms with Crippen LogP contribution < -0.4 is 4.74 Å². The molecule has 1 atom stereocenters. The number of benzene rings is 1. The number of hydrogen-bond acceptors (Lipinski definition) is 3. The van der Waals surface area contributed by atoms with Crippen molar-refractivity contribution in [3.63, 3.8) is 0 Å². The van der Waals surface area contributed by atoms with Crippen molar-refractivity contribution >= 4 is 35.0 Å². The highest BCUT2D eigenvalue weighted by molar-refractivity contribution is 6.45. The van der Waals surface area contributed by atoms with Gasteiger partial charge in [0, 0.05) is 5.56 Å². The highest BCUT2D eigenvalue weighted by Crippen LogP contribution is 2.36. The lowest BCUT2D eigenvalue weighted by Crippen LogP contribution is -2.18. The Morgan fingerprint density at radius 1 is 1.33 bits per heavy atom. The van der Waals surface area contributed by atoms with E-state index in [1.807, 2.05) is 6.92 Å². The van der Waals surface area contributed by atoms with Crippen molar-refractivity contribution in [3.8, 4) is 5.75 Å². The molecule has 0 radical (unpaired) electrons. The van der Waals surface area contributed by atoms with Crippen LogP contribution in [0.3, 0.4) is 0 Å². The van der Waals surface area contributed by atoms with Crippen LogP contribution in [0.15, 0.2) is 24.3 Å². The van der Waals surface area contributed by atoms with Crippen LogP contribution in [0.1, 0.15) is 30.6 Å². The first kappa shape index (κ1) is 17.5. The molecule has 0 aromatic heterocycles. The average molecular weight is 331 g/mol. The Morgan fingerprint density at radius 3 is 2.48 bits per heavy atom. The van der Waals surface area contributed by atoms with Crippen LogP contribution in [0.25, 0.3) is 0 Å². The van der Waals surface area contributed by atoms with E-state index in [4.69, 9.17) is 33.0 Å². The summed E-state index contributed by atoms with van der Waals surface area (Å²) in [7, 11) is 0. The molecule has 1 rings (SSSR count). The lowest BCUT2D eigenvalue weighted by Gasteiger charge is -2.13. The minimum atomic E-state index is -0.969. The van der Waals surface area contributed by atoms with E-state index >= 15 is 0 Å². The zero-order valence-electron chi connectivity index (χ0n) is 11.8. The van der Waals surface area contributed by atoms with Gasteiger partial charge in [-0.3, -0.25) is 9.59 Å². The van der Waals surface area contributed by atoms with Crippen molar-refractivity contribution < 1.29 is 19.4 Å². The summed E-state index contributed by atoms with van der Waals surface area (Å²) < 4.78 is 5.33. The maximum absolute atomic E-state index is 12.1. The Balaban J connectivity index is 2.98. The topological polar surface area (TPSA) is 63.6 Å². The highest BCUT2D eigenvalue weighted by atomic mass is 35.5. The number of ketones is 1. The summed E-state index contributed by atoms with van der Waals surface area (Å²) in [6.45, 7) is 6.97. The molecular formula is C15H16Cl2O4. The van der Waals surface area contributed by atoms with E-state index in [9.17, 15) is 9.59 Å². The quantitative estimate of drug-likeness (QED) is 0.599. The molecule has 21 heavy (non-hydrogen) atoms. The third kappa shape index (κ3) is 4.22. The Hall–Kier alpha value is -1.52. The minimum absolute atomic E-state index is 0.0413. The molecule has 0 bridgehead atoms. The number of carboxylic acids is 1. The lowest BCUT2D eigenvalue weighted by atomic mass is 10.0. The molecule has 0 aliphatic carbocycles. The second-order valence-electron chi connectivity index (χ2n) is 4.58. The first-order valence-electron chi connectivity index (χ1n) is 6.35. The third-order valence-electron chi connectivity index (χ3n) is 2.95. The van der Waals surface area contributed by atoms with Gasteiger partial charge >= 0.3 is 5.97 Å². The van der Waals surface area contributed by atoms with E-state index in [0.29, 0.717) is 12.0 Å². The number of hydrogen-bond donors (Lipinski definition) is 1. The van der Waals surface area contributed by atoms with Crippen molar-refractivity contribution in [3.05, 3.63) is 39.9 Å². The Labute approximate surface area is 133 Å². The summed E-state index contributed by atoms with van der Waals surface area (Å²) in [6.07, 6.45) is 0.515. The molecule has 0 saturated carbocycles. The van der Waals surface area contributed by atoms with Gasteiger partial charge in [0.2, 0.25) is 0 Å².